The fraction of sp³-hybridized carbons (Fsp3) is 0.364. The number of nitrogens with one attached hydrogen (secondary N) is 1. The van der Waals surface area contributed by atoms with Crippen LogP contribution in [0.2, 0.25) is 0 Å². The van der Waals surface area contributed by atoms with Crippen LogP contribution in [0.1, 0.15) is 29.1 Å². The molecule has 8 heteroatoms. The van der Waals surface area contributed by atoms with Crippen molar-refractivity contribution in [2.45, 2.75) is 43.9 Å². The Balaban J connectivity index is 1.61. The molecule has 8 nitrogen and oxygen atoms in total. The van der Waals surface area contributed by atoms with Crippen LogP contribution in [0.25, 0.3) is 0 Å². The van der Waals surface area contributed by atoms with E-state index in [0.29, 0.717) is 5.56 Å². The van der Waals surface area contributed by atoms with E-state index in [1.165, 1.54) is 6.92 Å². The van der Waals surface area contributed by atoms with Crippen molar-refractivity contribution < 1.29 is 33.6 Å². The SMILES string of the molecule is CC(=O)NC1C(O)OC2COC(c3ccccc3)OC2C1OC(=O)c1ccccc1. The summed E-state index contributed by atoms with van der Waals surface area (Å²) in [5.74, 6) is -0.983. The van der Waals surface area contributed by atoms with E-state index >= 15 is 0 Å². The molecule has 0 saturated carbocycles. The molecule has 2 heterocycles. The molecule has 4 rings (SSSR count). The van der Waals surface area contributed by atoms with Gasteiger partial charge in [0.15, 0.2) is 18.7 Å². The zero-order valence-corrected chi connectivity index (χ0v) is 16.3. The van der Waals surface area contributed by atoms with E-state index in [1.54, 1.807) is 30.3 Å². The summed E-state index contributed by atoms with van der Waals surface area (Å²) in [6.45, 7) is 1.44. The molecule has 0 aromatic heterocycles. The largest absolute Gasteiger partial charge is 0.453 e. The monoisotopic (exact) mass is 413 g/mol. The first kappa shape index (κ1) is 20.5. The number of esters is 1. The van der Waals surface area contributed by atoms with Crippen LogP contribution in [-0.2, 0) is 23.7 Å². The fourth-order valence-corrected chi connectivity index (χ4v) is 3.66. The molecule has 2 N–H and O–H groups in total. The summed E-state index contributed by atoms with van der Waals surface area (Å²) >= 11 is 0. The molecule has 0 spiro atoms. The quantitative estimate of drug-likeness (QED) is 0.733. The molecule has 1 amide bonds. The van der Waals surface area contributed by atoms with Crippen LogP contribution in [0.4, 0.5) is 0 Å². The van der Waals surface area contributed by atoms with Gasteiger partial charge in [0.25, 0.3) is 0 Å². The van der Waals surface area contributed by atoms with Crippen molar-refractivity contribution in [3.05, 3.63) is 71.8 Å². The van der Waals surface area contributed by atoms with Gasteiger partial charge in [0, 0.05) is 12.5 Å². The third kappa shape index (κ3) is 4.36. The number of amides is 1. The van der Waals surface area contributed by atoms with Crippen LogP contribution >= 0.6 is 0 Å². The number of carbonyl (C=O) groups excluding carboxylic acids is 2. The summed E-state index contributed by atoms with van der Waals surface area (Å²) in [7, 11) is 0. The molecule has 6 atom stereocenters. The number of benzene rings is 2. The highest BCUT2D eigenvalue weighted by Crippen LogP contribution is 2.35. The average Bonchev–Trinajstić information content (AvgIpc) is 2.77. The summed E-state index contributed by atoms with van der Waals surface area (Å²) in [4.78, 5) is 24.5. The maximum absolute atomic E-state index is 12.7. The predicted octanol–water partition coefficient (Wildman–Crippen LogP) is 1.55. The predicted molar refractivity (Wildman–Crippen MR) is 104 cm³/mol. The van der Waals surface area contributed by atoms with Gasteiger partial charge in [-0.3, -0.25) is 4.79 Å². The molecule has 158 valence electrons. The highest BCUT2D eigenvalue weighted by Gasteiger charge is 2.52. The number of rotatable bonds is 4. The molecule has 0 radical (unpaired) electrons. The van der Waals surface area contributed by atoms with Gasteiger partial charge in [-0.25, -0.2) is 4.79 Å². The Bertz CT molecular complexity index is 876. The van der Waals surface area contributed by atoms with Crippen LogP contribution in [0, 0.1) is 0 Å². The third-order valence-corrected chi connectivity index (χ3v) is 5.05. The van der Waals surface area contributed by atoms with E-state index < -0.39 is 48.8 Å². The van der Waals surface area contributed by atoms with E-state index in [9.17, 15) is 14.7 Å². The smallest absolute Gasteiger partial charge is 0.338 e. The summed E-state index contributed by atoms with van der Waals surface area (Å²) < 4.78 is 23.2. The second-order valence-electron chi connectivity index (χ2n) is 7.20. The maximum Gasteiger partial charge on any atom is 0.338 e. The van der Waals surface area contributed by atoms with E-state index in [2.05, 4.69) is 5.32 Å². The Labute approximate surface area is 173 Å². The average molecular weight is 413 g/mol. The Morgan fingerprint density at radius 1 is 1.03 bits per heavy atom. The number of hydrogen-bond acceptors (Lipinski definition) is 7. The van der Waals surface area contributed by atoms with Gasteiger partial charge in [0.1, 0.15) is 18.2 Å². The number of fused-ring (bicyclic) bond motifs is 1. The van der Waals surface area contributed by atoms with Crippen molar-refractivity contribution >= 4 is 11.9 Å². The second kappa shape index (κ2) is 8.93. The second-order valence-corrected chi connectivity index (χ2v) is 7.20. The Hall–Kier alpha value is -2.78. The van der Waals surface area contributed by atoms with E-state index in [4.69, 9.17) is 18.9 Å². The van der Waals surface area contributed by atoms with Gasteiger partial charge in [-0.2, -0.15) is 0 Å². The van der Waals surface area contributed by atoms with Gasteiger partial charge >= 0.3 is 5.97 Å². The molecule has 0 aliphatic carbocycles. The number of ether oxygens (including phenoxy) is 4. The Kier molecular flexibility index (Phi) is 6.10. The summed E-state index contributed by atoms with van der Waals surface area (Å²) in [5, 5.41) is 13.1. The minimum absolute atomic E-state index is 0.132. The molecular formula is C22H23NO7. The lowest BCUT2D eigenvalue weighted by atomic mass is 9.95. The Morgan fingerprint density at radius 3 is 2.37 bits per heavy atom. The molecule has 2 aliphatic heterocycles. The lowest BCUT2D eigenvalue weighted by molar-refractivity contribution is -0.337. The molecule has 2 aliphatic rings. The zero-order chi connectivity index (χ0) is 21.1. The number of aliphatic hydroxyl groups excluding tert-OH is 1. The van der Waals surface area contributed by atoms with E-state index in [-0.39, 0.29) is 6.61 Å². The van der Waals surface area contributed by atoms with Crippen molar-refractivity contribution in [2.24, 2.45) is 0 Å². The lowest BCUT2D eigenvalue weighted by Gasteiger charge is -2.47. The van der Waals surface area contributed by atoms with Gasteiger partial charge in [0.2, 0.25) is 5.91 Å². The summed E-state index contributed by atoms with van der Waals surface area (Å²) in [6.07, 6.45) is -4.48. The molecule has 6 unspecified atom stereocenters. The van der Waals surface area contributed by atoms with Crippen molar-refractivity contribution in [3.63, 3.8) is 0 Å². The topological polar surface area (TPSA) is 103 Å². The maximum atomic E-state index is 12.7. The molecule has 2 saturated heterocycles. The minimum Gasteiger partial charge on any atom is -0.453 e. The van der Waals surface area contributed by atoms with Crippen molar-refractivity contribution in [3.8, 4) is 0 Å². The number of hydrogen-bond donors (Lipinski definition) is 2. The van der Waals surface area contributed by atoms with Gasteiger partial charge in [-0.15, -0.1) is 0 Å². The highest BCUT2D eigenvalue weighted by atomic mass is 16.7. The third-order valence-electron chi connectivity index (χ3n) is 5.05. The molecule has 30 heavy (non-hydrogen) atoms. The summed E-state index contributed by atoms with van der Waals surface area (Å²) in [5.41, 5.74) is 1.15. The molecule has 2 fully saturated rings. The van der Waals surface area contributed by atoms with Crippen molar-refractivity contribution in [1.82, 2.24) is 5.32 Å². The first-order valence-corrected chi connectivity index (χ1v) is 9.71. The standard InChI is InChI=1S/C22H23NO7/c1-13(24)23-17-19(29-20(25)14-8-4-2-5-9-14)18-16(28-21(17)26)12-27-22(30-18)15-10-6-3-7-11-15/h2-11,16-19,21-22,26H,12H2,1H3,(H,23,24). The Morgan fingerprint density at radius 2 is 1.70 bits per heavy atom. The van der Waals surface area contributed by atoms with Crippen LogP contribution < -0.4 is 5.32 Å². The van der Waals surface area contributed by atoms with Gasteiger partial charge in [-0.1, -0.05) is 48.5 Å². The molecule has 0 bridgehead atoms. The van der Waals surface area contributed by atoms with Gasteiger partial charge < -0.3 is 29.4 Å². The first-order chi connectivity index (χ1) is 14.5. The lowest BCUT2D eigenvalue weighted by Crippen LogP contribution is -2.67. The number of aliphatic hydroxyl groups is 1. The molecule has 2 aromatic rings. The number of carbonyl (C=O) groups is 2. The minimum atomic E-state index is -1.39. The van der Waals surface area contributed by atoms with Crippen LogP contribution in [-0.4, -0.2) is 54.2 Å². The van der Waals surface area contributed by atoms with E-state index in [0.717, 1.165) is 5.56 Å². The summed E-state index contributed by atoms with van der Waals surface area (Å²) in [6, 6.07) is 16.8. The van der Waals surface area contributed by atoms with Gasteiger partial charge in [0.05, 0.1) is 12.2 Å². The van der Waals surface area contributed by atoms with Crippen LogP contribution in [0.3, 0.4) is 0 Å². The molecular weight excluding hydrogens is 390 g/mol. The van der Waals surface area contributed by atoms with Crippen LogP contribution in [0.15, 0.2) is 60.7 Å². The normalized spacial score (nSPS) is 30.7. The van der Waals surface area contributed by atoms with Crippen molar-refractivity contribution in [2.75, 3.05) is 6.61 Å². The molecule has 2 aromatic carbocycles. The fourth-order valence-electron chi connectivity index (χ4n) is 3.66. The van der Waals surface area contributed by atoms with Gasteiger partial charge in [-0.05, 0) is 12.1 Å². The zero-order valence-electron chi connectivity index (χ0n) is 16.3. The first-order valence-electron chi connectivity index (χ1n) is 9.71. The highest BCUT2D eigenvalue weighted by molar-refractivity contribution is 5.89. The van der Waals surface area contributed by atoms with Crippen molar-refractivity contribution in [1.29, 1.82) is 0 Å². The van der Waals surface area contributed by atoms with E-state index in [1.807, 2.05) is 30.3 Å². The van der Waals surface area contributed by atoms with Crippen LogP contribution in [0.5, 0.6) is 0 Å².